The number of hydrogen-bond donors (Lipinski definition) is 0. The zero-order valence-electron chi connectivity index (χ0n) is 24.6. The van der Waals surface area contributed by atoms with Crippen molar-refractivity contribution in [1.29, 1.82) is 0 Å². The van der Waals surface area contributed by atoms with Crippen LogP contribution >= 0.6 is 0 Å². The molecule has 0 radical (unpaired) electrons. The van der Waals surface area contributed by atoms with Gasteiger partial charge in [0, 0.05) is 32.7 Å². The summed E-state index contributed by atoms with van der Waals surface area (Å²) in [6.45, 7) is 0. The van der Waals surface area contributed by atoms with Crippen LogP contribution in [0.2, 0.25) is 0 Å². The Kier molecular flexibility index (Phi) is 4.55. The van der Waals surface area contributed by atoms with Crippen molar-refractivity contribution in [3.63, 3.8) is 0 Å². The first-order chi connectivity index (χ1) is 22.8. The van der Waals surface area contributed by atoms with Gasteiger partial charge in [-0.05, 0) is 53.2 Å². The van der Waals surface area contributed by atoms with Crippen molar-refractivity contribution in [2.75, 3.05) is 0 Å². The average Bonchev–Trinajstić information content (AvgIpc) is 3.66. The van der Waals surface area contributed by atoms with Crippen molar-refractivity contribution in [3.8, 4) is 22.5 Å². The molecule has 0 saturated heterocycles. The molecular weight excluding hydrogens is 560 g/mol. The summed E-state index contributed by atoms with van der Waals surface area (Å²) in [5.74, 6) is 0. The lowest BCUT2D eigenvalue weighted by molar-refractivity contribution is 1.25. The monoisotopic (exact) mass is 584 g/mol. The summed E-state index contributed by atoms with van der Waals surface area (Å²) in [6, 6.07) is 52.0. The van der Waals surface area contributed by atoms with E-state index in [0.717, 1.165) is 33.5 Å². The van der Waals surface area contributed by atoms with E-state index in [1.165, 1.54) is 65.4 Å². The zero-order valence-corrected chi connectivity index (χ0v) is 24.6. The molecule has 0 N–H and O–H groups in total. The van der Waals surface area contributed by atoms with Gasteiger partial charge in [0.1, 0.15) is 0 Å². The van der Waals surface area contributed by atoms with Gasteiger partial charge in [0.2, 0.25) is 0 Å². The number of hydrogen-bond acceptors (Lipinski definition) is 2. The number of nitrogens with zero attached hydrogens (tertiary/aromatic N) is 4. The Morgan fingerprint density at radius 1 is 0.348 bits per heavy atom. The number of benzene rings is 7. The molecule has 0 aliphatic rings. The largest absolute Gasteiger partial charge is 0.305 e. The summed E-state index contributed by atoms with van der Waals surface area (Å²) < 4.78 is 4.97. The van der Waals surface area contributed by atoms with E-state index in [1.807, 2.05) is 30.3 Å². The van der Waals surface area contributed by atoms with E-state index in [4.69, 9.17) is 9.97 Å². The Morgan fingerprint density at radius 2 is 0.826 bits per heavy atom. The van der Waals surface area contributed by atoms with E-state index in [-0.39, 0.29) is 0 Å². The second kappa shape index (κ2) is 8.68. The maximum atomic E-state index is 5.25. The standard InChI is InChI=1S/C42H24N4/c1-2-12-25(13-3-1)39-40(44-32-18-8-7-17-31(32)43-39)26-22-23-34-30(24-26)38-28-15-5-4-14-27(28)37-29-16-6-9-19-33(29)45-35-20-10-11-21-36(35)46(34)42(38)41(37)45/h1-24H. The van der Waals surface area contributed by atoms with Crippen LogP contribution in [0.1, 0.15) is 0 Å². The predicted molar refractivity (Wildman–Crippen MR) is 191 cm³/mol. The molecule has 4 aromatic heterocycles. The van der Waals surface area contributed by atoms with Gasteiger partial charge in [0.25, 0.3) is 0 Å². The van der Waals surface area contributed by atoms with E-state index in [0.29, 0.717) is 0 Å². The maximum absolute atomic E-state index is 5.25. The molecule has 0 bridgehead atoms. The van der Waals surface area contributed by atoms with E-state index in [9.17, 15) is 0 Å². The Labute approximate surface area is 262 Å². The van der Waals surface area contributed by atoms with Crippen LogP contribution in [0.4, 0.5) is 0 Å². The van der Waals surface area contributed by atoms with E-state index >= 15 is 0 Å². The number of fused-ring (bicyclic) bond motifs is 13. The minimum Gasteiger partial charge on any atom is -0.305 e. The van der Waals surface area contributed by atoms with Crippen LogP contribution in [-0.4, -0.2) is 18.8 Å². The smallest absolute Gasteiger partial charge is 0.0973 e. The summed E-state index contributed by atoms with van der Waals surface area (Å²) >= 11 is 0. The molecule has 0 aliphatic heterocycles. The zero-order chi connectivity index (χ0) is 29.9. The molecular formula is C42H24N4. The Balaban J connectivity index is 1.36. The average molecular weight is 585 g/mol. The highest BCUT2D eigenvalue weighted by Crippen LogP contribution is 2.47. The van der Waals surface area contributed by atoms with E-state index < -0.39 is 0 Å². The number of rotatable bonds is 2. The van der Waals surface area contributed by atoms with Crippen molar-refractivity contribution >= 4 is 76.5 Å². The molecule has 212 valence electrons. The molecule has 4 heteroatoms. The fourth-order valence-corrected chi connectivity index (χ4v) is 7.93. The van der Waals surface area contributed by atoms with Gasteiger partial charge < -0.3 is 8.80 Å². The molecule has 0 saturated carbocycles. The molecule has 4 nitrogen and oxygen atoms in total. The fourth-order valence-electron chi connectivity index (χ4n) is 7.93. The SMILES string of the molecule is c1ccc(-c2nc3ccccc3nc2-c2ccc3c(c2)c2c4ccccc4c4c5ccccc5n5c6ccccc6n3c2c45)cc1. The highest BCUT2D eigenvalue weighted by molar-refractivity contribution is 6.37. The summed E-state index contributed by atoms with van der Waals surface area (Å²) in [6.07, 6.45) is 0. The minimum absolute atomic E-state index is 0.891. The molecule has 0 unspecified atom stereocenters. The molecule has 0 aliphatic carbocycles. The molecule has 4 heterocycles. The minimum atomic E-state index is 0.891. The maximum Gasteiger partial charge on any atom is 0.0973 e. The Bertz CT molecular complexity index is 2980. The molecule has 46 heavy (non-hydrogen) atoms. The first kappa shape index (κ1) is 24.1. The van der Waals surface area contributed by atoms with Gasteiger partial charge in [-0.15, -0.1) is 0 Å². The molecule has 7 aromatic carbocycles. The first-order valence-corrected chi connectivity index (χ1v) is 15.7. The molecule has 11 aromatic rings. The van der Waals surface area contributed by atoms with Crippen molar-refractivity contribution < 1.29 is 0 Å². The quantitative estimate of drug-likeness (QED) is 0.189. The summed E-state index contributed by atoms with van der Waals surface area (Å²) in [4.78, 5) is 10.4. The van der Waals surface area contributed by atoms with Crippen molar-refractivity contribution in [3.05, 3.63) is 146 Å². The van der Waals surface area contributed by atoms with Gasteiger partial charge in [-0.1, -0.05) is 103 Å². The van der Waals surface area contributed by atoms with Crippen LogP contribution in [0.25, 0.3) is 99.0 Å². The van der Waals surface area contributed by atoms with Crippen LogP contribution in [0, 0.1) is 0 Å². The van der Waals surface area contributed by atoms with Gasteiger partial charge >= 0.3 is 0 Å². The second-order valence-electron chi connectivity index (χ2n) is 12.2. The fraction of sp³-hybridized carbons (Fsp3) is 0. The van der Waals surface area contributed by atoms with Crippen molar-refractivity contribution in [2.45, 2.75) is 0 Å². The lowest BCUT2D eigenvalue weighted by atomic mass is 9.97. The van der Waals surface area contributed by atoms with E-state index in [2.05, 4.69) is 124 Å². The molecule has 0 spiro atoms. The van der Waals surface area contributed by atoms with Crippen LogP contribution in [0.15, 0.2) is 146 Å². The van der Waals surface area contributed by atoms with Gasteiger partial charge in [0.05, 0.1) is 55.5 Å². The Hall–Kier alpha value is -6.26. The topological polar surface area (TPSA) is 34.6 Å². The van der Waals surface area contributed by atoms with E-state index in [1.54, 1.807) is 0 Å². The van der Waals surface area contributed by atoms with Crippen molar-refractivity contribution in [1.82, 2.24) is 18.8 Å². The van der Waals surface area contributed by atoms with Gasteiger partial charge in [-0.2, -0.15) is 0 Å². The molecule has 11 rings (SSSR count). The van der Waals surface area contributed by atoms with Gasteiger partial charge in [-0.3, -0.25) is 0 Å². The Morgan fingerprint density at radius 3 is 1.48 bits per heavy atom. The van der Waals surface area contributed by atoms with Crippen LogP contribution in [0.3, 0.4) is 0 Å². The van der Waals surface area contributed by atoms with Crippen LogP contribution in [0.5, 0.6) is 0 Å². The van der Waals surface area contributed by atoms with Crippen LogP contribution < -0.4 is 0 Å². The lowest BCUT2D eigenvalue weighted by Crippen LogP contribution is -1.97. The first-order valence-electron chi connectivity index (χ1n) is 15.7. The highest BCUT2D eigenvalue weighted by Gasteiger charge is 2.25. The normalized spacial score (nSPS) is 12.3. The highest BCUT2D eigenvalue weighted by atomic mass is 15.0. The predicted octanol–water partition coefficient (Wildman–Crippen LogP) is 10.7. The summed E-state index contributed by atoms with van der Waals surface area (Å²) in [7, 11) is 0. The number of para-hydroxylation sites is 5. The third-order valence-electron chi connectivity index (χ3n) is 9.79. The third-order valence-corrected chi connectivity index (χ3v) is 9.79. The van der Waals surface area contributed by atoms with Gasteiger partial charge in [0.15, 0.2) is 0 Å². The third kappa shape index (κ3) is 2.98. The molecule has 0 atom stereocenters. The second-order valence-corrected chi connectivity index (χ2v) is 12.2. The molecule has 0 amide bonds. The number of aromatic nitrogens is 4. The summed E-state index contributed by atoms with van der Waals surface area (Å²) in [5.41, 5.74) is 13.0. The lowest BCUT2D eigenvalue weighted by Gasteiger charge is -2.12. The van der Waals surface area contributed by atoms with Crippen molar-refractivity contribution in [2.24, 2.45) is 0 Å². The van der Waals surface area contributed by atoms with Gasteiger partial charge in [-0.25, -0.2) is 9.97 Å². The summed E-state index contributed by atoms with van der Waals surface area (Å²) in [5, 5.41) is 7.62. The molecule has 0 fully saturated rings. The van der Waals surface area contributed by atoms with Crippen LogP contribution in [-0.2, 0) is 0 Å².